The van der Waals surface area contributed by atoms with Gasteiger partial charge in [0, 0.05) is 17.5 Å². The number of anilines is 2. The van der Waals surface area contributed by atoms with Gasteiger partial charge in [-0.1, -0.05) is 37.6 Å². The number of hydrogen-bond acceptors (Lipinski definition) is 7. The lowest BCUT2D eigenvalue weighted by molar-refractivity contribution is 0.316. The zero-order chi connectivity index (χ0) is 23.1. The standard InChI is InChI=1S/C23H27ClN4O2S2/c1-23(2)9-8-18-19(13-23)31-22(25-18)27-21-12-17(11-20(24)26-21)32(29,30)16-7-5-6-15(10-16)14-28(3)4/h5-7,10-12H,8-9,13-14H2,1-4H3,(H,25,26,27). The van der Waals surface area contributed by atoms with E-state index in [9.17, 15) is 8.42 Å². The molecule has 1 N–H and O–H groups in total. The Kier molecular flexibility index (Phi) is 6.33. The second kappa shape index (κ2) is 8.74. The van der Waals surface area contributed by atoms with Crippen LogP contribution in [0.15, 0.2) is 46.2 Å². The summed E-state index contributed by atoms with van der Waals surface area (Å²) in [5.74, 6) is 0.367. The molecule has 0 amide bonds. The third-order valence-electron chi connectivity index (χ3n) is 5.48. The van der Waals surface area contributed by atoms with Crippen molar-refractivity contribution in [2.75, 3.05) is 19.4 Å². The van der Waals surface area contributed by atoms with Gasteiger partial charge in [-0.25, -0.2) is 18.4 Å². The van der Waals surface area contributed by atoms with Crippen molar-refractivity contribution in [1.29, 1.82) is 0 Å². The first-order valence-electron chi connectivity index (χ1n) is 10.4. The van der Waals surface area contributed by atoms with Crippen LogP contribution in [0.2, 0.25) is 5.15 Å². The summed E-state index contributed by atoms with van der Waals surface area (Å²) in [5.41, 5.74) is 2.31. The molecule has 6 nitrogen and oxygen atoms in total. The summed E-state index contributed by atoms with van der Waals surface area (Å²) >= 11 is 7.81. The number of aryl methyl sites for hydroxylation is 1. The number of sulfone groups is 1. The summed E-state index contributed by atoms with van der Waals surface area (Å²) in [7, 11) is 0.135. The molecule has 0 radical (unpaired) electrons. The van der Waals surface area contributed by atoms with Crippen LogP contribution in [0.3, 0.4) is 0 Å². The largest absolute Gasteiger partial charge is 0.316 e. The summed E-state index contributed by atoms with van der Waals surface area (Å²) < 4.78 is 26.6. The average molecular weight is 491 g/mol. The first-order chi connectivity index (χ1) is 15.0. The Bertz CT molecular complexity index is 1250. The van der Waals surface area contributed by atoms with Crippen molar-refractivity contribution in [3.05, 3.63) is 57.7 Å². The maximum atomic E-state index is 13.3. The third kappa shape index (κ3) is 5.14. The summed E-state index contributed by atoms with van der Waals surface area (Å²) in [4.78, 5) is 12.6. The number of pyridine rings is 1. The number of halogens is 1. The van der Waals surface area contributed by atoms with Crippen molar-refractivity contribution in [2.24, 2.45) is 5.41 Å². The normalized spacial score (nSPS) is 15.6. The molecule has 32 heavy (non-hydrogen) atoms. The van der Waals surface area contributed by atoms with E-state index in [1.165, 1.54) is 17.0 Å². The lowest BCUT2D eigenvalue weighted by atomic mass is 9.79. The van der Waals surface area contributed by atoms with E-state index in [4.69, 9.17) is 16.6 Å². The fourth-order valence-corrected chi connectivity index (χ4v) is 6.78. The molecule has 1 aromatic carbocycles. The molecule has 170 valence electrons. The molecule has 4 rings (SSSR count). The third-order valence-corrected chi connectivity index (χ3v) is 8.41. The van der Waals surface area contributed by atoms with Gasteiger partial charge in [0.15, 0.2) is 5.13 Å². The van der Waals surface area contributed by atoms with Gasteiger partial charge in [-0.2, -0.15) is 0 Å². The fourth-order valence-electron chi connectivity index (χ4n) is 3.86. The van der Waals surface area contributed by atoms with E-state index in [2.05, 4.69) is 24.1 Å². The predicted molar refractivity (Wildman–Crippen MR) is 130 cm³/mol. The van der Waals surface area contributed by atoms with E-state index in [0.29, 0.717) is 17.5 Å². The van der Waals surface area contributed by atoms with Crippen molar-refractivity contribution in [1.82, 2.24) is 14.9 Å². The van der Waals surface area contributed by atoms with Crippen LogP contribution in [0, 0.1) is 5.41 Å². The van der Waals surface area contributed by atoms with Crippen molar-refractivity contribution in [3.8, 4) is 0 Å². The molecular formula is C23H27ClN4O2S2. The number of benzene rings is 1. The van der Waals surface area contributed by atoms with Gasteiger partial charge in [-0.05, 0) is 62.5 Å². The van der Waals surface area contributed by atoms with Gasteiger partial charge in [0.2, 0.25) is 9.84 Å². The number of rotatable bonds is 6. The van der Waals surface area contributed by atoms with E-state index in [1.54, 1.807) is 29.5 Å². The molecule has 9 heteroatoms. The first kappa shape index (κ1) is 23.2. The molecule has 0 fully saturated rings. The lowest BCUT2D eigenvalue weighted by Gasteiger charge is -2.28. The molecule has 0 atom stereocenters. The van der Waals surface area contributed by atoms with E-state index in [0.717, 1.165) is 30.5 Å². The number of nitrogens with one attached hydrogen (secondary N) is 1. The van der Waals surface area contributed by atoms with Crippen LogP contribution < -0.4 is 5.32 Å². The highest BCUT2D eigenvalue weighted by molar-refractivity contribution is 7.91. The smallest absolute Gasteiger partial charge is 0.206 e. The Morgan fingerprint density at radius 2 is 1.94 bits per heavy atom. The van der Waals surface area contributed by atoms with E-state index < -0.39 is 9.84 Å². The Morgan fingerprint density at radius 3 is 2.69 bits per heavy atom. The summed E-state index contributed by atoms with van der Waals surface area (Å²) in [6, 6.07) is 9.88. The SMILES string of the molecule is CN(C)Cc1cccc(S(=O)(=O)c2cc(Cl)nc(Nc3nc4c(s3)CC(C)(C)CC4)c2)c1. The van der Waals surface area contributed by atoms with E-state index in [-0.39, 0.29) is 20.4 Å². The molecule has 1 aliphatic carbocycles. The van der Waals surface area contributed by atoms with Crippen LogP contribution in [0.1, 0.15) is 36.4 Å². The molecule has 0 saturated carbocycles. The highest BCUT2D eigenvalue weighted by atomic mass is 35.5. The van der Waals surface area contributed by atoms with Crippen molar-refractivity contribution in [3.63, 3.8) is 0 Å². The molecule has 0 spiro atoms. The molecule has 1 aliphatic rings. The molecule has 0 aliphatic heterocycles. The molecule has 2 heterocycles. The topological polar surface area (TPSA) is 75.2 Å². The van der Waals surface area contributed by atoms with Crippen molar-refractivity contribution >= 4 is 43.7 Å². The van der Waals surface area contributed by atoms with E-state index >= 15 is 0 Å². The number of aromatic nitrogens is 2. The summed E-state index contributed by atoms with van der Waals surface area (Å²) in [6.07, 6.45) is 3.05. The second-order valence-electron chi connectivity index (χ2n) is 9.25. The number of fused-ring (bicyclic) bond motifs is 1. The maximum absolute atomic E-state index is 13.3. The van der Waals surface area contributed by atoms with Gasteiger partial charge in [0.05, 0.1) is 15.5 Å². The van der Waals surface area contributed by atoms with Gasteiger partial charge in [0.25, 0.3) is 0 Å². The van der Waals surface area contributed by atoms with Crippen molar-refractivity contribution in [2.45, 2.75) is 49.4 Å². The highest BCUT2D eigenvalue weighted by Gasteiger charge is 2.28. The minimum Gasteiger partial charge on any atom is -0.316 e. The zero-order valence-electron chi connectivity index (χ0n) is 18.6. The molecular weight excluding hydrogens is 464 g/mol. The summed E-state index contributed by atoms with van der Waals surface area (Å²) in [6.45, 7) is 5.19. The maximum Gasteiger partial charge on any atom is 0.206 e. The van der Waals surface area contributed by atoms with Gasteiger partial charge in [-0.15, -0.1) is 11.3 Å². The lowest BCUT2D eigenvalue weighted by Crippen LogP contribution is -2.20. The van der Waals surface area contributed by atoms with Crippen LogP contribution >= 0.6 is 22.9 Å². The molecule has 2 aromatic heterocycles. The van der Waals surface area contributed by atoms with E-state index in [1.807, 2.05) is 25.1 Å². The number of thiazole rings is 1. The molecule has 0 saturated heterocycles. The molecule has 0 bridgehead atoms. The first-order valence-corrected chi connectivity index (χ1v) is 13.1. The fraction of sp³-hybridized carbons (Fsp3) is 0.391. The monoisotopic (exact) mass is 490 g/mol. The van der Waals surface area contributed by atoms with Gasteiger partial charge in [-0.3, -0.25) is 0 Å². The average Bonchev–Trinajstić information content (AvgIpc) is 3.07. The number of hydrogen-bond donors (Lipinski definition) is 1. The minimum atomic E-state index is -3.75. The van der Waals surface area contributed by atoms with Gasteiger partial charge in [0.1, 0.15) is 11.0 Å². The Hall–Kier alpha value is -2.00. The Balaban J connectivity index is 1.63. The molecule has 3 aromatic rings. The highest BCUT2D eigenvalue weighted by Crippen LogP contribution is 2.39. The molecule has 0 unspecified atom stereocenters. The zero-order valence-corrected chi connectivity index (χ0v) is 21.0. The van der Waals surface area contributed by atoms with Crippen LogP contribution in [-0.2, 0) is 29.2 Å². The van der Waals surface area contributed by atoms with Crippen LogP contribution in [0.5, 0.6) is 0 Å². The van der Waals surface area contributed by atoms with Gasteiger partial charge >= 0.3 is 0 Å². The summed E-state index contributed by atoms with van der Waals surface area (Å²) in [5, 5.41) is 3.99. The second-order valence-corrected chi connectivity index (χ2v) is 12.7. The minimum absolute atomic E-state index is 0.101. The van der Waals surface area contributed by atoms with Crippen LogP contribution in [-0.4, -0.2) is 37.4 Å². The van der Waals surface area contributed by atoms with Crippen LogP contribution in [0.4, 0.5) is 10.9 Å². The van der Waals surface area contributed by atoms with Crippen molar-refractivity contribution < 1.29 is 8.42 Å². The van der Waals surface area contributed by atoms with Crippen LogP contribution in [0.25, 0.3) is 0 Å². The Labute approximate surface area is 198 Å². The Morgan fingerprint density at radius 1 is 1.16 bits per heavy atom. The van der Waals surface area contributed by atoms with Gasteiger partial charge < -0.3 is 10.2 Å². The predicted octanol–water partition coefficient (Wildman–Crippen LogP) is 5.34. The quantitative estimate of drug-likeness (QED) is 0.470. The number of nitrogens with zero attached hydrogens (tertiary/aromatic N) is 3.